The zero-order valence-corrected chi connectivity index (χ0v) is 12.8. The summed E-state index contributed by atoms with van der Waals surface area (Å²) in [6.45, 7) is 6.09. The summed E-state index contributed by atoms with van der Waals surface area (Å²) in [7, 11) is 1.53. The van der Waals surface area contributed by atoms with Gasteiger partial charge in [0.15, 0.2) is 0 Å². The fraction of sp³-hybridized carbons (Fsp3) is 0.294. The highest BCUT2D eigenvalue weighted by Gasteiger charge is 2.23. The van der Waals surface area contributed by atoms with Crippen molar-refractivity contribution in [1.82, 2.24) is 5.43 Å². The molecule has 0 aliphatic carbocycles. The molecule has 0 aliphatic rings. The van der Waals surface area contributed by atoms with Crippen LogP contribution in [0.25, 0.3) is 0 Å². The quantitative estimate of drug-likeness (QED) is 0.670. The monoisotopic (exact) mass is 288 g/mol. The van der Waals surface area contributed by atoms with Gasteiger partial charge in [-0.3, -0.25) is 5.84 Å². The zero-order valence-electron chi connectivity index (χ0n) is 12.8. The first kappa shape index (κ1) is 15.5. The van der Waals surface area contributed by atoms with E-state index in [1.54, 1.807) is 12.1 Å². The van der Waals surface area contributed by atoms with Crippen LogP contribution in [0, 0.1) is 26.6 Å². The molecule has 0 fully saturated rings. The van der Waals surface area contributed by atoms with Crippen LogP contribution in [-0.4, -0.2) is 7.11 Å². The number of benzene rings is 2. The van der Waals surface area contributed by atoms with Gasteiger partial charge in [0.05, 0.1) is 18.7 Å². The molecule has 0 radical (unpaired) electrons. The molecule has 0 heterocycles. The molecule has 0 spiro atoms. The Balaban J connectivity index is 2.63. The smallest absolute Gasteiger partial charge is 0.132 e. The summed E-state index contributed by atoms with van der Waals surface area (Å²) >= 11 is 0. The lowest BCUT2D eigenvalue weighted by Gasteiger charge is -2.23. The normalized spacial score (nSPS) is 12.3. The van der Waals surface area contributed by atoms with E-state index in [0.29, 0.717) is 11.3 Å². The minimum Gasteiger partial charge on any atom is -0.496 e. The minimum absolute atomic E-state index is 0.338. The zero-order chi connectivity index (χ0) is 15.6. The molecule has 2 aromatic rings. The summed E-state index contributed by atoms with van der Waals surface area (Å²) in [4.78, 5) is 0. The maximum atomic E-state index is 14.3. The van der Waals surface area contributed by atoms with E-state index in [1.165, 1.54) is 18.7 Å². The van der Waals surface area contributed by atoms with E-state index < -0.39 is 6.04 Å². The van der Waals surface area contributed by atoms with Gasteiger partial charge in [-0.05, 0) is 55.2 Å². The largest absolute Gasteiger partial charge is 0.496 e. The average molecular weight is 288 g/mol. The molecule has 0 saturated carbocycles. The first-order chi connectivity index (χ1) is 9.99. The predicted octanol–water partition coefficient (Wildman–Crippen LogP) is 3.31. The lowest BCUT2D eigenvalue weighted by Crippen LogP contribution is -2.30. The third-order valence-electron chi connectivity index (χ3n) is 3.88. The molecule has 4 heteroatoms. The average Bonchev–Trinajstić information content (AvgIpc) is 2.46. The van der Waals surface area contributed by atoms with E-state index in [9.17, 15) is 4.39 Å². The molecule has 0 aromatic heterocycles. The summed E-state index contributed by atoms with van der Waals surface area (Å²) in [6.07, 6.45) is 0. The number of ether oxygens (including phenoxy) is 1. The van der Waals surface area contributed by atoms with Crippen molar-refractivity contribution in [3.8, 4) is 5.75 Å². The first-order valence-electron chi connectivity index (χ1n) is 6.85. The molecule has 2 rings (SSSR count). The second-order valence-corrected chi connectivity index (χ2v) is 5.25. The highest BCUT2D eigenvalue weighted by Crippen LogP contribution is 2.34. The number of hydrazine groups is 1. The van der Waals surface area contributed by atoms with E-state index in [2.05, 4.69) is 18.4 Å². The van der Waals surface area contributed by atoms with Crippen LogP contribution in [0.3, 0.4) is 0 Å². The second kappa shape index (κ2) is 6.24. The Bertz CT molecular complexity index is 655. The van der Waals surface area contributed by atoms with Gasteiger partial charge in [0.1, 0.15) is 11.6 Å². The van der Waals surface area contributed by atoms with Crippen molar-refractivity contribution in [3.63, 3.8) is 0 Å². The van der Waals surface area contributed by atoms with Crippen LogP contribution in [0.5, 0.6) is 5.75 Å². The molecule has 0 aliphatic heterocycles. The van der Waals surface area contributed by atoms with Gasteiger partial charge in [-0.2, -0.15) is 0 Å². The topological polar surface area (TPSA) is 47.3 Å². The van der Waals surface area contributed by atoms with Gasteiger partial charge in [0.2, 0.25) is 0 Å². The Hall–Kier alpha value is -1.91. The van der Waals surface area contributed by atoms with Crippen LogP contribution >= 0.6 is 0 Å². The van der Waals surface area contributed by atoms with Gasteiger partial charge in [-0.15, -0.1) is 0 Å². The van der Waals surface area contributed by atoms with Crippen LogP contribution in [0.15, 0.2) is 30.3 Å². The van der Waals surface area contributed by atoms with Crippen molar-refractivity contribution >= 4 is 0 Å². The van der Waals surface area contributed by atoms with Gasteiger partial charge < -0.3 is 4.74 Å². The Kier molecular flexibility index (Phi) is 4.60. The van der Waals surface area contributed by atoms with Gasteiger partial charge >= 0.3 is 0 Å². The summed E-state index contributed by atoms with van der Waals surface area (Å²) in [5.74, 6) is 5.86. The van der Waals surface area contributed by atoms with E-state index >= 15 is 0 Å². The van der Waals surface area contributed by atoms with E-state index in [4.69, 9.17) is 10.6 Å². The Morgan fingerprint density at radius 1 is 1.10 bits per heavy atom. The Morgan fingerprint density at radius 3 is 2.38 bits per heavy atom. The van der Waals surface area contributed by atoms with E-state index in [1.807, 2.05) is 19.9 Å². The molecule has 0 bridgehead atoms. The highest BCUT2D eigenvalue weighted by atomic mass is 19.1. The molecule has 0 saturated heterocycles. The molecule has 1 atom stereocenters. The maximum Gasteiger partial charge on any atom is 0.132 e. The molecule has 112 valence electrons. The number of methoxy groups -OCH3 is 1. The van der Waals surface area contributed by atoms with Crippen LogP contribution in [0.4, 0.5) is 4.39 Å². The SMILES string of the molecule is COc1cccc(F)c1C(NN)c1cc(C)c(C)cc1C. The minimum atomic E-state index is -0.458. The number of nitrogens with one attached hydrogen (secondary N) is 1. The third-order valence-corrected chi connectivity index (χ3v) is 3.88. The predicted molar refractivity (Wildman–Crippen MR) is 82.8 cm³/mol. The summed E-state index contributed by atoms with van der Waals surface area (Å²) in [6, 6.07) is 8.44. The van der Waals surface area contributed by atoms with Crippen LogP contribution in [0.2, 0.25) is 0 Å². The molecule has 2 aromatic carbocycles. The van der Waals surface area contributed by atoms with Crippen LogP contribution in [-0.2, 0) is 0 Å². The van der Waals surface area contributed by atoms with Crippen LogP contribution < -0.4 is 16.0 Å². The summed E-state index contributed by atoms with van der Waals surface area (Å²) < 4.78 is 19.6. The number of aryl methyl sites for hydroxylation is 3. The van der Waals surface area contributed by atoms with Crippen molar-refractivity contribution < 1.29 is 9.13 Å². The standard InChI is InChI=1S/C17H21FN2O/c1-10-8-12(3)13(9-11(10)2)17(20-19)16-14(18)6-5-7-15(16)21-4/h5-9,17,20H,19H2,1-4H3. The fourth-order valence-corrected chi connectivity index (χ4v) is 2.60. The molecule has 0 amide bonds. The number of rotatable bonds is 4. The Morgan fingerprint density at radius 2 is 1.76 bits per heavy atom. The summed E-state index contributed by atoms with van der Waals surface area (Å²) in [5.41, 5.74) is 7.50. The van der Waals surface area contributed by atoms with Crippen molar-refractivity contribution in [2.24, 2.45) is 5.84 Å². The highest BCUT2D eigenvalue weighted by molar-refractivity contribution is 5.47. The fourth-order valence-electron chi connectivity index (χ4n) is 2.60. The number of nitrogens with two attached hydrogens (primary N) is 1. The van der Waals surface area contributed by atoms with Crippen LogP contribution in [0.1, 0.15) is 33.9 Å². The molecule has 21 heavy (non-hydrogen) atoms. The second-order valence-electron chi connectivity index (χ2n) is 5.25. The van der Waals surface area contributed by atoms with E-state index in [0.717, 1.165) is 16.7 Å². The first-order valence-corrected chi connectivity index (χ1v) is 6.85. The summed E-state index contributed by atoms with van der Waals surface area (Å²) in [5, 5.41) is 0. The lowest BCUT2D eigenvalue weighted by atomic mass is 9.91. The number of hydrogen-bond donors (Lipinski definition) is 2. The molecular weight excluding hydrogens is 267 g/mol. The maximum absolute atomic E-state index is 14.3. The number of hydrogen-bond acceptors (Lipinski definition) is 3. The number of halogens is 1. The third kappa shape index (κ3) is 2.91. The van der Waals surface area contributed by atoms with Crippen molar-refractivity contribution in [3.05, 3.63) is 64.0 Å². The lowest BCUT2D eigenvalue weighted by molar-refractivity contribution is 0.397. The Labute approximate surface area is 124 Å². The van der Waals surface area contributed by atoms with Crippen molar-refractivity contribution in [2.45, 2.75) is 26.8 Å². The molecule has 3 N–H and O–H groups in total. The van der Waals surface area contributed by atoms with Crippen molar-refractivity contribution in [1.29, 1.82) is 0 Å². The van der Waals surface area contributed by atoms with Gasteiger partial charge in [-0.25, -0.2) is 9.82 Å². The van der Waals surface area contributed by atoms with E-state index in [-0.39, 0.29) is 5.82 Å². The molecule has 1 unspecified atom stereocenters. The van der Waals surface area contributed by atoms with Gasteiger partial charge in [0, 0.05) is 0 Å². The molecular formula is C17H21FN2O. The molecule has 3 nitrogen and oxygen atoms in total. The van der Waals surface area contributed by atoms with Crippen molar-refractivity contribution in [2.75, 3.05) is 7.11 Å². The van der Waals surface area contributed by atoms with Gasteiger partial charge in [-0.1, -0.05) is 18.2 Å². The van der Waals surface area contributed by atoms with Gasteiger partial charge in [0.25, 0.3) is 0 Å².